The summed E-state index contributed by atoms with van der Waals surface area (Å²) in [4.78, 5) is 23.8. The van der Waals surface area contributed by atoms with E-state index in [4.69, 9.17) is 26.3 Å². The molecule has 0 bridgehead atoms. The maximum Gasteiger partial charge on any atom is 0.408 e. The minimum atomic E-state index is -1.07. The van der Waals surface area contributed by atoms with Gasteiger partial charge in [-0.25, -0.2) is 9.59 Å². The van der Waals surface area contributed by atoms with Crippen molar-refractivity contribution in [1.29, 1.82) is 5.26 Å². The fraction of sp³-hybridized carbons (Fsp3) is 0.400. The van der Waals surface area contributed by atoms with E-state index in [1.807, 2.05) is 6.07 Å². The summed E-state index contributed by atoms with van der Waals surface area (Å²) in [5.41, 5.74) is 0.195. The molecule has 1 atom stereocenters. The number of nitrogens with one attached hydrogen (secondary N) is 1. The highest BCUT2D eigenvalue weighted by molar-refractivity contribution is 6.17. The Morgan fingerprint density at radius 2 is 1.91 bits per heavy atom. The highest BCUT2D eigenvalue weighted by Crippen LogP contribution is 2.17. The number of rotatable bonds is 4. The van der Waals surface area contributed by atoms with Crippen molar-refractivity contribution in [2.75, 3.05) is 6.07 Å². The Bertz CT molecular complexity index is 573. The minimum Gasteiger partial charge on any atom is -0.448 e. The van der Waals surface area contributed by atoms with Gasteiger partial charge in [-0.05, 0) is 38.5 Å². The molecule has 1 unspecified atom stereocenters. The highest BCUT2D eigenvalue weighted by Gasteiger charge is 2.27. The molecule has 0 radical (unpaired) electrons. The lowest BCUT2D eigenvalue weighted by Crippen LogP contribution is -2.38. The zero-order valence-corrected chi connectivity index (χ0v) is 13.3. The van der Waals surface area contributed by atoms with Crippen LogP contribution in [0.1, 0.15) is 37.9 Å². The van der Waals surface area contributed by atoms with Crippen molar-refractivity contribution in [2.45, 2.75) is 32.4 Å². The van der Waals surface area contributed by atoms with Crippen LogP contribution in [-0.2, 0) is 14.3 Å². The molecule has 0 fully saturated rings. The first-order valence-electron chi connectivity index (χ1n) is 6.49. The maximum absolute atomic E-state index is 12.0. The van der Waals surface area contributed by atoms with Crippen molar-refractivity contribution < 1.29 is 19.1 Å². The second-order valence-corrected chi connectivity index (χ2v) is 5.60. The van der Waals surface area contributed by atoms with E-state index in [9.17, 15) is 9.59 Å². The Morgan fingerprint density at radius 3 is 2.36 bits per heavy atom. The van der Waals surface area contributed by atoms with Gasteiger partial charge in [-0.3, -0.25) is 0 Å². The van der Waals surface area contributed by atoms with E-state index in [0.717, 1.165) is 0 Å². The molecule has 1 aromatic rings. The molecule has 1 amide bonds. The third-order valence-corrected chi connectivity index (χ3v) is 2.58. The van der Waals surface area contributed by atoms with Gasteiger partial charge in [0.05, 0.1) is 11.6 Å². The van der Waals surface area contributed by atoms with Crippen molar-refractivity contribution in [3.05, 3.63) is 35.4 Å². The number of amides is 1. The number of esters is 1. The van der Waals surface area contributed by atoms with E-state index in [0.29, 0.717) is 11.1 Å². The van der Waals surface area contributed by atoms with Crippen LogP contribution in [0.15, 0.2) is 24.3 Å². The Balaban J connectivity index is 2.95. The summed E-state index contributed by atoms with van der Waals surface area (Å²) in [6.07, 6.45) is -0.756. The Hall–Kier alpha value is -2.26. The zero-order valence-electron chi connectivity index (χ0n) is 12.6. The van der Waals surface area contributed by atoms with Crippen LogP contribution in [-0.4, -0.2) is 23.7 Å². The molecule has 6 nitrogen and oxygen atoms in total. The fourth-order valence-electron chi connectivity index (χ4n) is 1.59. The van der Waals surface area contributed by atoms with Crippen LogP contribution >= 0.6 is 11.6 Å². The second-order valence-electron chi connectivity index (χ2n) is 5.39. The van der Waals surface area contributed by atoms with Crippen molar-refractivity contribution in [2.24, 2.45) is 0 Å². The van der Waals surface area contributed by atoms with E-state index in [-0.39, 0.29) is 6.07 Å². The van der Waals surface area contributed by atoms with E-state index in [1.54, 1.807) is 32.9 Å². The SMILES string of the molecule is CC(C)(C)OC(=O)NC(C(=O)OCCl)c1ccc(C#N)cc1. The Kier molecular flexibility index (Phi) is 6.20. The third-order valence-electron chi connectivity index (χ3n) is 2.47. The molecule has 0 spiro atoms. The first-order valence-corrected chi connectivity index (χ1v) is 7.02. The van der Waals surface area contributed by atoms with Crippen LogP contribution < -0.4 is 5.32 Å². The summed E-state index contributed by atoms with van der Waals surface area (Å²) in [7, 11) is 0. The van der Waals surface area contributed by atoms with E-state index < -0.39 is 23.7 Å². The van der Waals surface area contributed by atoms with Gasteiger partial charge in [0.15, 0.2) is 12.1 Å². The molecule has 1 aromatic carbocycles. The van der Waals surface area contributed by atoms with Crippen molar-refractivity contribution in [3.63, 3.8) is 0 Å². The zero-order chi connectivity index (χ0) is 16.8. The summed E-state index contributed by atoms with van der Waals surface area (Å²) in [6.45, 7) is 5.13. The molecule has 1 N–H and O–H groups in total. The van der Waals surface area contributed by atoms with Gasteiger partial charge >= 0.3 is 12.1 Å². The van der Waals surface area contributed by atoms with Gasteiger partial charge in [-0.15, -0.1) is 0 Å². The average Bonchev–Trinajstić information content (AvgIpc) is 2.43. The first-order chi connectivity index (χ1) is 10.3. The van der Waals surface area contributed by atoms with Crippen molar-refractivity contribution in [3.8, 4) is 6.07 Å². The Morgan fingerprint density at radius 1 is 1.32 bits per heavy atom. The van der Waals surface area contributed by atoms with Crippen molar-refractivity contribution in [1.82, 2.24) is 5.32 Å². The van der Waals surface area contributed by atoms with E-state index >= 15 is 0 Å². The first kappa shape index (κ1) is 17.8. The van der Waals surface area contributed by atoms with Gasteiger partial charge < -0.3 is 14.8 Å². The molecule has 0 saturated carbocycles. The summed E-state index contributed by atoms with van der Waals surface area (Å²) >= 11 is 5.39. The average molecular weight is 325 g/mol. The summed E-state index contributed by atoms with van der Waals surface area (Å²) < 4.78 is 9.86. The lowest BCUT2D eigenvalue weighted by atomic mass is 10.1. The molecular formula is C15H17ClN2O4. The number of hydrogen-bond donors (Lipinski definition) is 1. The maximum atomic E-state index is 12.0. The lowest BCUT2D eigenvalue weighted by molar-refractivity contribution is -0.144. The van der Waals surface area contributed by atoms with E-state index in [1.165, 1.54) is 12.1 Å². The van der Waals surface area contributed by atoms with Gasteiger partial charge in [0.25, 0.3) is 0 Å². The number of halogens is 1. The summed E-state index contributed by atoms with van der Waals surface area (Å²) in [6, 6.07) is 6.74. The number of hydrogen-bond acceptors (Lipinski definition) is 5. The monoisotopic (exact) mass is 324 g/mol. The normalized spacial score (nSPS) is 12.0. The summed E-state index contributed by atoms with van der Waals surface area (Å²) in [5.74, 6) is -0.717. The lowest BCUT2D eigenvalue weighted by Gasteiger charge is -2.23. The van der Waals surface area contributed by atoms with Gasteiger partial charge in [0.2, 0.25) is 0 Å². The molecule has 0 heterocycles. The molecule has 0 aliphatic rings. The molecule has 0 saturated heterocycles. The van der Waals surface area contributed by atoms with Crippen molar-refractivity contribution >= 4 is 23.7 Å². The predicted octanol–water partition coefficient (Wildman–Crippen LogP) is 2.86. The van der Waals surface area contributed by atoms with Crippen LogP contribution in [0.4, 0.5) is 4.79 Å². The number of nitrogens with zero attached hydrogens (tertiary/aromatic N) is 1. The van der Waals surface area contributed by atoms with E-state index in [2.05, 4.69) is 5.32 Å². The molecule has 118 valence electrons. The molecular weight excluding hydrogens is 308 g/mol. The van der Waals surface area contributed by atoms with Crippen LogP contribution in [0.2, 0.25) is 0 Å². The fourth-order valence-corrected chi connectivity index (χ4v) is 1.70. The van der Waals surface area contributed by atoms with Crippen LogP contribution in [0.25, 0.3) is 0 Å². The molecule has 0 aromatic heterocycles. The Labute approximate surface area is 134 Å². The number of alkyl halides is 1. The number of carbonyl (C=O) groups is 2. The predicted molar refractivity (Wildman–Crippen MR) is 80.1 cm³/mol. The minimum absolute atomic E-state index is 0.332. The van der Waals surface area contributed by atoms with Gasteiger partial charge in [-0.2, -0.15) is 5.26 Å². The quantitative estimate of drug-likeness (QED) is 0.679. The standard InChI is InChI=1S/C15H17ClN2O4/c1-15(2,3)22-14(20)18-12(13(19)21-9-16)11-6-4-10(8-17)5-7-11/h4-7,12H,9H2,1-3H3,(H,18,20). The van der Waals surface area contributed by atoms with Gasteiger partial charge in [0.1, 0.15) is 5.60 Å². The topological polar surface area (TPSA) is 88.4 Å². The largest absolute Gasteiger partial charge is 0.448 e. The van der Waals surface area contributed by atoms with Crippen LogP contribution in [0.3, 0.4) is 0 Å². The summed E-state index contributed by atoms with van der Waals surface area (Å²) in [5, 5.41) is 11.2. The molecule has 0 aliphatic carbocycles. The highest BCUT2D eigenvalue weighted by atomic mass is 35.5. The van der Waals surface area contributed by atoms with Crippen LogP contribution in [0.5, 0.6) is 0 Å². The number of nitriles is 1. The molecule has 1 rings (SSSR count). The number of ether oxygens (including phenoxy) is 2. The smallest absolute Gasteiger partial charge is 0.408 e. The number of alkyl carbamates (subject to hydrolysis) is 1. The molecule has 0 aliphatic heterocycles. The number of benzene rings is 1. The van der Waals surface area contributed by atoms with Crippen LogP contribution in [0, 0.1) is 11.3 Å². The van der Waals surface area contributed by atoms with Gasteiger partial charge in [0, 0.05) is 0 Å². The van der Waals surface area contributed by atoms with Gasteiger partial charge in [-0.1, -0.05) is 23.7 Å². The third kappa shape index (κ3) is 5.62. The number of carbonyl (C=O) groups excluding carboxylic acids is 2. The second kappa shape index (κ2) is 7.66. The molecule has 22 heavy (non-hydrogen) atoms. The molecule has 7 heteroatoms.